The molecule has 1 heterocycles. The van der Waals surface area contributed by atoms with Crippen molar-refractivity contribution in [3.63, 3.8) is 0 Å². The van der Waals surface area contributed by atoms with E-state index in [-0.39, 0.29) is 43.7 Å². The molecule has 1 aliphatic heterocycles. The second kappa shape index (κ2) is 9.70. The molecule has 0 aromatic heterocycles. The van der Waals surface area contributed by atoms with Crippen molar-refractivity contribution in [3.8, 4) is 11.1 Å². The smallest absolute Gasteiger partial charge is 0.407 e. The minimum absolute atomic E-state index is 0.0245. The molecule has 2 amide bonds. The summed E-state index contributed by atoms with van der Waals surface area (Å²) in [5.74, 6) is -1.18. The zero-order valence-electron chi connectivity index (χ0n) is 19.4. The van der Waals surface area contributed by atoms with Gasteiger partial charge in [0.2, 0.25) is 5.91 Å². The van der Waals surface area contributed by atoms with Gasteiger partial charge in [-0.25, -0.2) is 9.59 Å². The summed E-state index contributed by atoms with van der Waals surface area (Å²) in [7, 11) is 0. The molecule has 8 nitrogen and oxygen atoms in total. The number of hydrogen-bond donors (Lipinski definition) is 3. The average Bonchev–Trinajstić information content (AvgIpc) is 3.55. The van der Waals surface area contributed by atoms with Crippen molar-refractivity contribution in [1.82, 2.24) is 10.2 Å². The summed E-state index contributed by atoms with van der Waals surface area (Å²) >= 11 is 0. The zero-order chi connectivity index (χ0) is 24.5. The van der Waals surface area contributed by atoms with Gasteiger partial charge in [-0.1, -0.05) is 48.5 Å². The van der Waals surface area contributed by atoms with Crippen molar-refractivity contribution in [2.45, 2.75) is 43.7 Å². The van der Waals surface area contributed by atoms with Gasteiger partial charge >= 0.3 is 12.1 Å². The predicted molar refractivity (Wildman–Crippen MR) is 128 cm³/mol. The number of likely N-dealkylation sites (tertiary alicyclic amines) is 1. The Hall–Kier alpha value is -3.39. The second-order valence-electron chi connectivity index (χ2n) is 9.80. The van der Waals surface area contributed by atoms with E-state index in [9.17, 15) is 24.6 Å². The summed E-state index contributed by atoms with van der Waals surface area (Å²) < 4.78 is 5.60. The average molecular weight is 479 g/mol. The lowest BCUT2D eigenvalue weighted by Crippen LogP contribution is -2.42. The summed E-state index contributed by atoms with van der Waals surface area (Å²) in [6.07, 6.45) is 0.811. The van der Waals surface area contributed by atoms with Crippen LogP contribution in [0.25, 0.3) is 11.1 Å². The van der Waals surface area contributed by atoms with E-state index in [1.165, 1.54) is 4.90 Å². The minimum Gasteiger partial charge on any atom is -0.480 e. The third-order valence-corrected chi connectivity index (χ3v) is 7.46. The van der Waals surface area contributed by atoms with Crippen molar-refractivity contribution in [1.29, 1.82) is 0 Å². The number of aliphatic hydroxyl groups is 1. The molecule has 3 aliphatic rings. The van der Waals surface area contributed by atoms with Gasteiger partial charge in [-0.2, -0.15) is 0 Å². The van der Waals surface area contributed by atoms with Crippen LogP contribution in [0.1, 0.15) is 42.7 Å². The van der Waals surface area contributed by atoms with Crippen LogP contribution in [0.5, 0.6) is 0 Å². The van der Waals surface area contributed by atoms with Crippen LogP contribution in [-0.2, 0) is 14.3 Å². The molecule has 2 unspecified atom stereocenters. The maximum atomic E-state index is 12.8. The number of alkyl carbamates (subject to hydrolysis) is 1. The molecular formula is C27H30N2O6. The molecule has 8 heteroatoms. The first kappa shape index (κ1) is 23.4. The molecule has 3 atom stereocenters. The minimum atomic E-state index is -1.10. The highest BCUT2D eigenvalue weighted by Crippen LogP contribution is 2.44. The van der Waals surface area contributed by atoms with E-state index in [1.807, 2.05) is 24.3 Å². The van der Waals surface area contributed by atoms with Crippen LogP contribution in [0.3, 0.4) is 0 Å². The van der Waals surface area contributed by atoms with Crippen molar-refractivity contribution >= 4 is 18.0 Å². The Labute approximate surface area is 203 Å². The molecule has 0 bridgehead atoms. The number of β-amino-alcohol motifs (C(OH)–C–C–N with tert-alkyl or cyclic N) is 1. The normalized spacial score (nSPS) is 21.8. The number of fused-ring (bicyclic) bond motifs is 3. The summed E-state index contributed by atoms with van der Waals surface area (Å²) in [6, 6.07) is 15.3. The van der Waals surface area contributed by atoms with Crippen LogP contribution in [0.15, 0.2) is 48.5 Å². The number of benzene rings is 2. The summed E-state index contributed by atoms with van der Waals surface area (Å²) in [6.45, 7) is 0.549. The molecule has 3 N–H and O–H groups in total. The summed E-state index contributed by atoms with van der Waals surface area (Å²) in [4.78, 5) is 38.1. The number of amides is 2. The molecule has 1 saturated carbocycles. The highest BCUT2D eigenvalue weighted by atomic mass is 16.5. The van der Waals surface area contributed by atoms with Gasteiger partial charge in [0.05, 0.1) is 6.10 Å². The number of aliphatic carboxylic acids is 1. The molecule has 2 aromatic rings. The molecular weight excluding hydrogens is 448 g/mol. The Kier molecular flexibility index (Phi) is 6.47. The van der Waals surface area contributed by atoms with Crippen molar-refractivity contribution in [3.05, 3.63) is 59.7 Å². The Morgan fingerprint density at radius 3 is 2.26 bits per heavy atom. The van der Waals surface area contributed by atoms with Crippen LogP contribution in [0.4, 0.5) is 4.79 Å². The maximum absolute atomic E-state index is 12.8. The Morgan fingerprint density at radius 2 is 1.66 bits per heavy atom. The van der Waals surface area contributed by atoms with Gasteiger partial charge in [0, 0.05) is 31.8 Å². The third-order valence-electron chi connectivity index (χ3n) is 7.46. The van der Waals surface area contributed by atoms with Gasteiger partial charge in [-0.15, -0.1) is 0 Å². The second-order valence-corrected chi connectivity index (χ2v) is 9.80. The van der Waals surface area contributed by atoms with Gasteiger partial charge in [0.15, 0.2) is 0 Å². The van der Waals surface area contributed by atoms with Crippen molar-refractivity contribution in [2.24, 2.45) is 11.8 Å². The van der Waals surface area contributed by atoms with Gasteiger partial charge in [-0.05, 0) is 46.9 Å². The maximum Gasteiger partial charge on any atom is 0.407 e. The van der Waals surface area contributed by atoms with E-state index in [1.54, 1.807) is 0 Å². The lowest BCUT2D eigenvalue weighted by Gasteiger charge is -2.24. The molecule has 0 spiro atoms. The quantitative estimate of drug-likeness (QED) is 0.537. The molecule has 35 heavy (non-hydrogen) atoms. The topological polar surface area (TPSA) is 116 Å². The number of ether oxygens (including phenoxy) is 1. The highest BCUT2D eigenvalue weighted by molar-refractivity contribution is 5.84. The van der Waals surface area contributed by atoms with E-state index in [2.05, 4.69) is 29.6 Å². The Balaban J connectivity index is 1.16. The number of nitrogens with one attached hydrogen (secondary N) is 1. The first-order valence-corrected chi connectivity index (χ1v) is 12.2. The number of rotatable bonds is 8. The van der Waals surface area contributed by atoms with Gasteiger partial charge in [0.25, 0.3) is 0 Å². The molecule has 184 valence electrons. The number of carbonyl (C=O) groups is 3. The Morgan fingerprint density at radius 1 is 1.03 bits per heavy atom. The van der Waals surface area contributed by atoms with E-state index in [0.717, 1.165) is 35.1 Å². The van der Waals surface area contributed by atoms with Crippen molar-refractivity contribution in [2.75, 3.05) is 19.7 Å². The van der Waals surface area contributed by atoms with Crippen LogP contribution < -0.4 is 5.32 Å². The Bertz CT molecular complexity index is 1080. The van der Waals surface area contributed by atoms with Crippen LogP contribution in [-0.4, -0.2) is 64.9 Å². The fourth-order valence-corrected chi connectivity index (χ4v) is 5.50. The molecule has 2 aliphatic carbocycles. The predicted octanol–water partition coefficient (Wildman–Crippen LogP) is 2.99. The molecule has 2 aromatic carbocycles. The lowest BCUT2D eigenvalue weighted by atomic mass is 9.98. The number of aliphatic hydroxyl groups excluding tert-OH is 1. The number of hydrogen-bond acceptors (Lipinski definition) is 5. The fraction of sp³-hybridized carbons (Fsp3) is 0.444. The number of carboxylic acids is 1. The van der Waals surface area contributed by atoms with Crippen LogP contribution in [0, 0.1) is 11.8 Å². The SMILES string of the molecule is O=C(NCC(CC(=O)N1CC(O)C[C@H]1C(=O)O)C1CC1)OCC1c2ccccc2-c2ccccc21. The summed E-state index contributed by atoms with van der Waals surface area (Å²) in [5, 5.41) is 22.0. The largest absolute Gasteiger partial charge is 0.480 e. The van der Waals surface area contributed by atoms with E-state index in [0.29, 0.717) is 12.5 Å². The van der Waals surface area contributed by atoms with Gasteiger partial charge in [0.1, 0.15) is 12.6 Å². The van der Waals surface area contributed by atoms with E-state index < -0.39 is 24.2 Å². The van der Waals surface area contributed by atoms with Crippen molar-refractivity contribution < 1.29 is 29.3 Å². The van der Waals surface area contributed by atoms with Crippen LogP contribution in [0.2, 0.25) is 0 Å². The molecule has 2 fully saturated rings. The number of carbonyl (C=O) groups excluding carboxylic acids is 2. The number of carboxylic acid groups (broad SMARTS) is 1. The number of nitrogens with zero attached hydrogens (tertiary/aromatic N) is 1. The lowest BCUT2D eigenvalue weighted by molar-refractivity contribution is -0.148. The fourth-order valence-electron chi connectivity index (χ4n) is 5.50. The van der Waals surface area contributed by atoms with Gasteiger partial charge < -0.3 is 25.2 Å². The zero-order valence-corrected chi connectivity index (χ0v) is 19.4. The van der Waals surface area contributed by atoms with Crippen LogP contribution >= 0.6 is 0 Å². The first-order chi connectivity index (χ1) is 16.9. The van der Waals surface area contributed by atoms with E-state index >= 15 is 0 Å². The van der Waals surface area contributed by atoms with E-state index in [4.69, 9.17) is 4.74 Å². The third kappa shape index (κ3) is 4.89. The molecule has 1 saturated heterocycles. The highest BCUT2D eigenvalue weighted by Gasteiger charge is 2.41. The standard InChI is InChI=1S/C27H30N2O6/c30-18-12-24(26(32)33)29(14-18)25(31)11-17(16-9-10-16)13-28-27(34)35-15-23-21-7-3-1-5-19(21)20-6-2-4-8-22(20)23/h1-8,16-18,23-24,30H,9-15H2,(H,28,34)(H,32,33)/t17?,18?,24-/m0/s1. The summed E-state index contributed by atoms with van der Waals surface area (Å²) in [5.41, 5.74) is 4.61. The first-order valence-electron chi connectivity index (χ1n) is 12.2. The van der Waals surface area contributed by atoms with Gasteiger partial charge in [-0.3, -0.25) is 4.79 Å². The molecule has 5 rings (SSSR count). The monoisotopic (exact) mass is 478 g/mol. The molecule has 0 radical (unpaired) electrons.